The van der Waals surface area contributed by atoms with Crippen LogP contribution in [0, 0.1) is 17.8 Å². The summed E-state index contributed by atoms with van der Waals surface area (Å²) in [5.74, 6) is -1.42. The number of nitrogens with one attached hydrogen (secondary N) is 1. The minimum atomic E-state index is -0.548. The molecule has 1 aliphatic rings. The van der Waals surface area contributed by atoms with Gasteiger partial charge >= 0.3 is 0 Å². The average Bonchev–Trinajstić information content (AvgIpc) is 2.89. The molecule has 3 N–H and O–H groups in total. The first-order valence-corrected chi connectivity index (χ1v) is 11.8. The van der Waals surface area contributed by atoms with Gasteiger partial charge in [-0.05, 0) is 43.6 Å². The number of unbranched alkanes of at least 4 members (excludes halogenated alkanes) is 1. The van der Waals surface area contributed by atoms with Crippen LogP contribution in [-0.4, -0.2) is 35.2 Å². The fourth-order valence-corrected chi connectivity index (χ4v) is 4.41. The lowest BCUT2D eigenvalue weighted by Gasteiger charge is -2.29. The van der Waals surface area contributed by atoms with Gasteiger partial charge in [-0.3, -0.25) is 14.4 Å². The molecule has 6 nitrogen and oxygen atoms in total. The number of hydrogen-bond acceptors (Lipinski definition) is 3. The van der Waals surface area contributed by atoms with Crippen LogP contribution in [0.4, 0.5) is 0 Å². The first kappa shape index (κ1) is 24.9. The highest BCUT2D eigenvalue weighted by Crippen LogP contribution is 2.26. The van der Waals surface area contributed by atoms with Crippen LogP contribution in [0.2, 0.25) is 0 Å². The third kappa shape index (κ3) is 7.67. The minimum Gasteiger partial charge on any atom is -0.369 e. The van der Waals surface area contributed by atoms with Crippen LogP contribution in [0.5, 0.6) is 0 Å². The third-order valence-electron chi connectivity index (χ3n) is 6.10. The monoisotopic (exact) mass is 429 g/mol. The lowest BCUT2D eigenvalue weighted by atomic mass is 9.81. The van der Waals surface area contributed by atoms with Gasteiger partial charge in [-0.15, -0.1) is 0 Å². The zero-order valence-corrected chi connectivity index (χ0v) is 19.3. The number of hydrogen-bond donors (Lipinski definition) is 2. The van der Waals surface area contributed by atoms with E-state index >= 15 is 0 Å². The molecule has 2 rings (SSSR count). The summed E-state index contributed by atoms with van der Waals surface area (Å²) in [5, 5.41) is 3.00. The molecule has 1 saturated heterocycles. The molecule has 0 aliphatic carbocycles. The standard InChI is InChI=1S/C25H39N3O3/c1-4-5-13-20(23(26)29)21(16-18(2)3)24(30)27-22-14-9-10-15-28(25(22)31)17-19-11-7-6-8-12-19/h6-8,11-12,18,20-22H,4-5,9-10,13-17H2,1-3H3,(H2,26,29)(H,27,30)/t20?,21?,22-/m0/s1. The van der Waals surface area contributed by atoms with Crippen LogP contribution in [0.1, 0.15) is 71.3 Å². The van der Waals surface area contributed by atoms with E-state index in [0.717, 1.165) is 31.2 Å². The number of carbonyl (C=O) groups excluding carboxylic acids is 3. The summed E-state index contributed by atoms with van der Waals surface area (Å²) in [5.41, 5.74) is 6.77. The zero-order chi connectivity index (χ0) is 22.8. The Hall–Kier alpha value is -2.37. The van der Waals surface area contributed by atoms with Gasteiger partial charge in [0, 0.05) is 24.9 Å². The second-order valence-corrected chi connectivity index (χ2v) is 9.19. The van der Waals surface area contributed by atoms with E-state index in [4.69, 9.17) is 5.73 Å². The van der Waals surface area contributed by atoms with Crippen LogP contribution < -0.4 is 11.1 Å². The minimum absolute atomic E-state index is 0.0396. The molecule has 0 spiro atoms. The normalized spacial score (nSPS) is 19.0. The fourth-order valence-electron chi connectivity index (χ4n) is 4.41. The molecule has 3 amide bonds. The molecule has 1 heterocycles. The maximum Gasteiger partial charge on any atom is 0.245 e. The Bertz CT molecular complexity index is 720. The van der Waals surface area contributed by atoms with E-state index in [1.165, 1.54) is 0 Å². The Kier molecular flexibility index (Phi) is 10.0. The Balaban J connectivity index is 2.14. The Labute approximate surface area is 186 Å². The van der Waals surface area contributed by atoms with Crippen molar-refractivity contribution in [3.05, 3.63) is 35.9 Å². The molecule has 1 fully saturated rings. The smallest absolute Gasteiger partial charge is 0.245 e. The molecule has 0 radical (unpaired) electrons. The summed E-state index contributed by atoms with van der Waals surface area (Å²) in [4.78, 5) is 40.5. The summed E-state index contributed by atoms with van der Waals surface area (Å²) in [7, 11) is 0. The van der Waals surface area contributed by atoms with E-state index in [1.807, 2.05) is 49.1 Å². The molecule has 0 aromatic heterocycles. The van der Waals surface area contributed by atoms with Gasteiger partial charge in [0.15, 0.2) is 0 Å². The predicted molar refractivity (Wildman–Crippen MR) is 123 cm³/mol. The molecular weight excluding hydrogens is 390 g/mol. The first-order chi connectivity index (χ1) is 14.8. The number of likely N-dealkylation sites (tertiary alicyclic amines) is 1. The van der Waals surface area contributed by atoms with Crippen LogP contribution in [0.25, 0.3) is 0 Å². The van der Waals surface area contributed by atoms with E-state index in [9.17, 15) is 14.4 Å². The first-order valence-electron chi connectivity index (χ1n) is 11.8. The lowest BCUT2D eigenvalue weighted by Crippen LogP contribution is -2.50. The predicted octanol–water partition coefficient (Wildman–Crippen LogP) is 3.64. The van der Waals surface area contributed by atoms with Crippen molar-refractivity contribution in [2.75, 3.05) is 6.54 Å². The Morgan fingerprint density at radius 3 is 2.48 bits per heavy atom. The van der Waals surface area contributed by atoms with Crippen molar-refractivity contribution >= 4 is 17.7 Å². The fraction of sp³-hybridized carbons (Fsp3) is 0.640. The van der Waals surface area contributed by atoms with Crippen LogP contribution in [-0.2, 0) is 20.9 Å². The van der Waals surface area contributed by atoms with E-state index in [1.54, 1.807) is 0 Å². The van der Waals surface area contributed by atoms with Gasteiger partial charge in [-0.1, -0.05) is 63.9 Å². The van der Waals surface area contributed by atoms with E-state index in [2.05, 4.69) is 12.2 Å². The largest absolute Gasteiger partial charge is 0.369 e. The second kappa shape index (κ2) is 12.5. The van der Waals surface area contributed by atoms with Gasteiger partial charge in [0.1, 0.15) is 6.04 Å². The van der Waals surface area contributed by atoms with Crippen molar-refractivity contribution in [3.63, 3.8) is 0 Å². The quantitative estimate of drug-likeness (QED) is 0.562. The maximum absolute atomic E-state index is 13.3. The molecule has 1 aliphatic heterocycles. The Morgan fingerprint density at radius 2 is 1.87 bits per heavy atom. The number of benzene rings is 1. The zero-order valence-electron chi connectivity index (χ0n) is 19.3. The number of nitrogens with zero attached hydrogens (tertiary/aromatic N) is 1. The number of amides is 3. The molecule has 1 aromatic rings. The van der Waals surface area contributed by atoms with Crippen molar-refractivity contribution in [1.82, 2.24) is 10.2 Å². The highest BCUT2D eigenvalue weighted by atomic mass is 16.2. The number of nitrogens with two attached hydrogens (primary N) is 1. The molecule has 172 valence electrons. The summed E-state index contributed by atoms with van der Waals surface area (Å²) < 4.78 is 0. The van der Waals surface area contributed by atoms with Crippen LogP contribution in [0.15, 0.2) is 30.3 Å². The summed E-state index contributed by atoms with van der Waals surface area (Å²) in [6.45, 7) is 7.37. The van der Waals surface area contributed by atoms with E-state index < -0.39 is 23.8 Å². The molecule has 2 unspecified atom stereocenters. The van der Waals surface area contributed by atoms with Gasteiger partial charge < -0.3 is 16.0 Å². The van der Waals surface area contributed by atoms with E-state index in [0.29, 0.717) is 32.4 Å². The number of carbonyl (C=O) groups is 3. The number of primary amides is 1. The molecule has 1 aromatic carbocycles. The number of rotatable bonds is 11. The van der Waals surface area contributed by atoms with Crippen LogP contribution >= 0.6 is 0 Å². The third-order valence-corrected chi connectivity index (χ3v) is 6.10. The van der Waals surface area contributed by atoms with Crippen molar-refractivity contribution in [1.29, 1.82) is 0 Å². The van der Waals surface area contributed by atoms with Gasteiger partial charge in [0.2, 0.25) is 17.7 Å². The van der Waals surface area contributed by atoms with Crippen molar-refractivity contribution in [2.45, 2.75) is 78.3 Å². The summed E-state index contributed by atoms with van der Waals surface area (Å²) >= 11 is 0. The topological polar surface area (TPSA) is 92.5 Å². The van der Waals surface area contributed by atoms with Crippen LogP contribution in [0.3, 0.4) is 0 Å². The molecule has 31 heavy (non-hydrogen) atoms. The van der Waals surface area contributed by atoms with Crippen molar-refractivity contribution in [2.24, 2.45) is 23.5 Å². The van der Waals surface area contributed by atoms with Gasteiger partial charge in [0.05, 0.1) is 0 Å². The molecule has 0 bridgehead atoms. The average molecular weight is 430 g/mol. The van der Waals surface area contributed by atoms with E-state index in [-0.39, 0.29) is 17.7 Å². The van der Waals surface area contributed by atoms with Crippen molar-refractivity contribution in [3.8, 4) is 0 Å². The molecule has 6 heteroatoms. The second-order valence-electron chi connectivity index (χ2n) is 9.19. The highest BCUT2D eigenvalue weighted by molar-refractivity contribution is 5.91. The molecule has 0 saturated carbocycles. The van der Waals surface area contributed by atoms with Crippen molar-refractivity contribution < 1.29 is 14.4 Å². The molecular formula is C25H39N3O3. The SMILES string of the molecule is CCCCC(C(N)=O)C(CC(C)C)C(=O)N[C@H]1CCCCN(Cc2ccccc2)C1=O. The molecule has 3 atom stereocenters. The Morgan fingerprint density at radius 1 is 1.16 bits per heavy atom. The summed E-state index contributed by atoms with van der Waals surface area (Å²) in [6.07, 6.45) is 5.40. The van der Waals surface area contributed by atoms with Gasteiger partial charge in [-0.25, -0.2) is 0 Å². The summed E-state index contributed by atoms with van der Waals surface area (Å²) in [6, 6.07) is 9.36. The van der Waals surface area contributed by atoms with Gasteiger partial charge in [0.25, 0.3) is 0 Å². The van der Waals surface area contributed by atoms with Gasteiger partial charge in [-0.2, -0.15) is 0 Å². The highest BCUT2D eigenvalue weighted by Gasteiger charge is 2.35. The maximum atomic E-state index is 13.3. The lowest BCUT2D eigenvalue weighted by molar-refractivity contribution is -0.139.